The molecule has 0 aliphatic heterocycles. The highest BCUT2D eigenvalue weighted by molar-refractivity contribution is 5.49. The van der Waals surface area contributed by atoms with Gasteiger partial charge in [0.15, 0.2) is 0 Å². The molecule has 0 spiro atoms. The van der Waals surface area contributed by atoms with Crippen molar-refractivity contribution in [2.24, 2.45) is 5.41 Å². The molecule has 1 nitrogen and oxygen atoms in total. The lowest BCUT2D eigenvalue weighted by molar-refractivity contribution is 0.766. The van der Waals surface area contributed by atoms with Gasteiger partial charge < -0.3 is 4.98 Å². The molecule has 1 heteroatoms. The van der Waals surface area contributed by atoms with E-state index in [9.17, 15) is 0 Å². The Kier molecular flexibility index (Phi) is 1.73. The molecule has 66 valence electrons. The van der Waals surface area contributed by atoms with Crippen molar-refractivity contribution in [3.8, 4) is 0 Å². The van der Waals surface area contributed by atoms with Crippen LogP contribution in [-0.4, -0.2) is 4.98 Å². The van der Waals surface area contributed by atoms with Gasteiger partial charge in [0.05, 0.1) is 0 Å². The first-order valence-corrected chi connectivity index (χ1v) is 4.43. The van der Waals surface area contributed by atoms with Crippen molar-refractivity contribution in [2.45, 2.75) is 6.92 Å². The lowest BCUT2D eigenvalue weighted by atomic mass is 9.90. The van der Waals surface area contributed by atoms with Crippen molar-refractivity contribution in [3.05, 3.63) is 47.6 Å². The molecule has 2 rings (SSSR count). The van der Waals surface area contributed by atoms with E-state index < -0.39 is 0 Å². The first kappa shape index (κ1) is 8.11. The van der Waals surface area contributed by atoms with E-state index in [2.05, 4.69) is 48.9 Å². The van der Waals surface area contributed by atoms with Gasteiger partial charge in [0.2, 0.25) is 0 Å². The molecular formula is C12H13N. The third kappa shape index (κ3) is 1.37. The van der Waals surface area contributed by atoms with Crippen molar-refractivity contribution >= 4 is 12.2 Å². The van der Waals surface area contributed by atoms with Crippen LogP contribution < -0.4 is 10.6 Å². The molecule has 13 heavy (non-hydrogen) atoms. The second-order valence-corrected chi connectivity index (χ2v) is 3.59. The minimum Gasteiger partial charge on any atom is -0.361 e. The molecule has 1 aliphatic rings. The second-order valence-electron chi connectivity index (χ2n) is 3.59. The maximum atomic E-state index is 3.84. The lowest BCUT2D eigenvalue weighted by Crippen LogP contribution is -2.24. The SMILES string of the molecule is C=CC1(C)C=CC=c2cc[nH]c2=C1. The molecule has 0 aromatic carbocycles. The normalized spacial score (nSPS) is 25.3. The van der Waals surface area contributed by atoms with Gasteiger partial charge in [-0.3, -0.25) is 0 Å². The summed E-state index contributed by atoms with van der Waals surface area (Å²) in [4.78, 5) is 3.21. The zero-order valence-corrected chi connectivity index (χ0v) is 7.75. The topological polar surface area (TPSA) is 15.8 Å². The van der Waals surface area contributed by atoms with Gasteiger partial charge >= 0.3 is 0 Å². The Balaban J connectivity index is 2.73. The van der Waals surface area contributed by atoms with Gasteiger partial charge in [0.1, 0.15) is 0 Å². The summed E-state index contributed by atoms with van der Waals surface area (Å²) in [7, 11) is 0. The van der Waals surface area contributed by atoms with Crippen LogP contribution in [0.2, 0.25) is 0 Å². The van der Waals surface area contributed by atoms with Crippen molar-refractivity contribution < 1.29 is 0 Å². The zero-order chi connectivity index (χ0) is 9.31. The predicted octanol–water partition coefficient (Wildman–Crippen LogP) is 1.34. The molecule has 1 aliphatic carbocycles. The summed E-state index contributed by atoms with van der Waals surface area (Å²) >= 11 is 0. The van der Waals surface area contributed by atoms with E-state index in [0.717, 1.165) is 0 Å². The fraction of sp³-hybridized carbons (Fsp3) is 0.167. The number of allylic oxidation sites excluding steroid dienone is 3. The Morgan fingerprint density at radius 1 is 1.54 bits per heavy atom. The van der Waals surface area contributed by atoms with E-state index in [0.29, 0.717) is 0 Å². The standard InChI is InChI=1S/C12H13N/c1-3-12(2)7-4-5-10-6-8-13-11(10)9-12/h3-9,13H,1H2,2H3. The Labute approximate surface area is 77.8 Å². The van der Waals surface area contributed by atoms with E-state index in [1.165, 1.54) is 10.6 Å². The Hall–Kier alpha value is -1.50. The van der Waals surface area contributed by atoms with E-state index in [1.54, 1.807) is 0 Å². The van der Waals surface area contributed by atoms with Crippen molar-refractivity contribution in [3.63, 3.8) is 0 Å². The third-order valence-corrected chi connectivity index (χ3v) is 2.44. The number of nitrogens with one attached hydrogen (secondary N) is 1. The first-order valence-electron chi connectivity index (χ1n) is 4.43. The number of rotatable bonds is 1. The summed E-state index contributed by atoms with van der Waals surface area (Å²) in [6.45, 7) is 5.98. The van der Waals surface area contributed by atoms with Crippen LogP contribution in [0.4, 0.5) is 0 Å². The lowest BCUT2D eigenvalue weighted by Gasteiger charge is -2.14. The molecule has 0 fully saturated rings. The summed E-state index contributed by atoms with van der Waals surface area (Å²) in [5.74, 6) is 0. The number of H-pyrrole nitrogens is 1. The fourth-order valence-corrected chi connectivity index (χ4v) is 1.51. The average Bonchev–Trinajstić information content (AvgIpc) is 2.47. The molecule has 0 amide bonds. The Bertz CT molecular complexity index is 462. The van der Waals surface area contributed by atoms with Crippen LogP contribution >= 0.6 is 0 Å². The molecule has 1 N–H and O–H groups in total. The van der Waals surface area contributed by atoms with Crippen LogP contribution in [0.3, 0.4) is 0 Å². The highest BCUT2D eigenvalue weighted by Crippen LogP contribution is 2.21. The number of fused-ring (bicyclic) bond motifs is 1. The summed E-state index contributed by atoms with van der Waals surface area (Å²) in [6, 6.07) is 2.07. The van der Waals surface area contributed by atoms with Crippen LogP contribution in [0, 0.1) is 5.41 Å². The Morgan fingerprint density at radius 3 is 3.15 bits per heavy atom. The monoisotopic (exact) mass is 171 g/mol. The largest absolute Gasteiger partial charge is 0.361 e. The summed E-state index contributed by atoms with van der Waals surface area (Å²) < 4.78 is 0. The van der Waals surface area contributed by atoms with Crippen LogP contribution in [0.1, 0.15) is 6.92 Å². The van der Waals surface area contributed by atoms with E-state index in [-0.39, 0.29) is 5.41 Å². The molecule has 1 heterocycles. The summed E-state index contributed by atoms with van der Waals surface area (Å²) in [5.41, 5.74) is -0.0351. The molecule has 0 bridgehead atoms. The third-order valence-electron chi connectivity index (χ3n) is 2.44. The maximum absolute atomic E-state index is 3.84. The minimum atomic E-state index is -0.0351. The van der Waals surface area contributed by atoms with Crippen LogP contribution in [0.15, 0.2) is 37.1 Å². The van der Waals surface area contributed by atoms with Gasteiger partial charge in [-0.15, -0.1) is 6.58 Å². The fourth-order valence-electron chi connectivity index (χ4n) is 1.51. The number of hydrogen-bond donors (Lipinski definition) is 1. The van der Waals surface area contributed by atoms with Gasteiger partial charge in [0.25, 0.3) is 0 Å². The van der Waals surface area contributed by atoms with Crippen LogP contribution in [0.5, 0.6) is 0 Å². The molecule has 1 aromatic heterocycles. The van der Waals surface area contributed by atoms with Crippen molar-refractivity contribution in [1.82, 2.24) is 4.98 Å². The Morgan fingerprint density at radius 2 is 2.38 bits per heavy atom. The highest BCUT2D eigenvalue weighted by atomic mass is 14.6. The van der Waals surface area contributed by atoms with E-state index in [1.807, 2.05) is 12.3 Å². The highest BCUT2D eigenvalue weighted by Gasteiger charge is 2.12. The quantitative estimate of drug-likeness (QED) is 0.614. The summed E-state index contributed by atoms with van der Waals surface area (Å²) in [5, 5.41) is 2.41. The van der Waals surface area contributed by atoms with Gasteiger partial charge in [-0.1, -0.05) is 24.3 Å². The van der Waals surface area contributed by atoms with Crippen molar-refractivity contribution in [2.75, 3.05) is 0 Å². The molecular weight excluding hydrogens is 158 g/mol. The molecule has 0 saturated heterocycles. The van der Waals surface area contributed by atoms with Gasteiger partial charge in [-0.25, -0.2) is 0 Å². The number of aromatic nitrogens is 1. The van der Waals surface area contributed by atoms with Crippen LogP contribution in [-0.2, 0) is 0 Å². The zero-order valence-electron chi connectivity index (χ0n) is 7.75. The first-order chi connectivity index (χ1) is 6.23. The molecule has 1 atom stereocenters. The molecule has 1 unspecified atom stereocenters. The second kappa shape index (κ2) is 2.77. The molecule has 1 aromatic rings. The van der Waals surface area contributed by atoms with Crippen molar-refractivity contribution in [1.29, 1.82) is 0 Å². The predicted molar refractivity (Wildman–Crippen MR) is 56.4 cm³/mol. The van der Waals surface area contributed by atoms with Crippen LogP contribution in [0.25, 0.3) is 12.2 Å². The number of hydrogen-bond acceptors (Lipinski definition) is 0. The van der Waals surface area contributed by atoms with Gasteiger partial charge in [-0.2, -0.15) is 0 Å². The van der Waals surface area contributed by atoms with Gasteiger partial charge in [-0.05, 0) is 24.3 Å². The van der Waals surface area contributed by atoms with Gasteiger partial charge in [0, 0.05) is 17.0 Å². The molecule has 0 saturated carbocycles. The van der Waals surface area contributed by atoms with E-state index in [4.69, 9.17) is 0 Å². The smallest absolute Gasteiger partial charge is 0.0425 e. The minimum absolute atomic E-state index is 0.0351. The number of aromatic amines is 1. The van der Waals surface area contributed by atoms with E-state index >= 15 is 0 Å². The summed E-state index contributed by atoms with van der Waals surface area (Å²) in [6.07, 6.45) is 12.4. The molecule has 0 radical (unpaired) electrons. The average molecular weight is 171 g/mol. The maximum Gasteiger partial charge on any atom is 0.0425 e.